The van der Waals surface area contributed by atoms with Crippen LogP contribution in [-0.2, 0) is 16.1 Å². The van der Waals surface area contributed by atoms with Crippen molar-refractivity contribution in [1.29, 1.82) is 0 Å². The molecule has 1 amide bonds. The SMILES string of the molecule is C[C@H]1CC[C@@H](C[C@H](C)n2c(=O)c(C(=O)N[C@@H](CO)C(=O)OCc3ccccc3)nc3ccccc32)N1C1CCCCCCC1. The normalized spacial score (nSPS) is 21.3. The zero-order valence-electron chi connectivity index (χ0n) is 26.0. The van der Waals surface area contributed by atoms with Gasteiger partial charge in [-0.3, -0.25) is 14.5 Å². The van der Waals surface area contributed by atoms with E-state index in [4.69, 9.17) is 4.74 Å². The number of fused-ring (bicyclic) bond motifs is 1. The van der Waals surface area contributed by atoms with Crippen molar-refractivity contribution in [2.75, 3.05) is 6.61 Å². The number of aliphatic hydroxyl groups is 1. The number of hydrogen-bond acceptors (Lipinski definition) is 7. The van der Waals surface area contributed by atoms with Gasteiger partial charge in [-0.1, -0.05) is 74.6 Å². The third-order valence-corrected chi connectivity index (χ3v) is 9.40. The molecule has 4 atom stereocenters. The van der Waals surface area contributed by atoms with Crippen LogP contribution in [0.1, 0.15) is 100 Å². The van der Waals surface area contributed by atoms with Gasteiger partial charge in [-0.15, -0.1) is 0 Å². The maximum atomic E-state index is 14.0. The Hall–Kier alpha value is -3.56. The van der Waals surface area contributed by atoms with Gasteiger partial charge in [-0.2, -0.15) is 0 Å². The summed E-state index contributed by atoms with van der Waals surface area (Å²) in [6.07, 6.45) is 12.0. The lowest BCUT2D eigenvalue weighted by Gasteiger charge is -2.38. The summed E-state index contributed by atoms with van der Waals surface area (Å²) >= 11 is 0. The molecule has 1 aromatic heterocycles. The maximum absolute atomic E-state index is 14.0. The lowest BCUT2D eigenvalue weighted by molar-refractivity contribution is -0.148. The smallest absolute Gasteiger partial charge is 0.331 e. The summed E-state index contributed by atoms with van der Waals surface area (Å²) in [5.41, 5.74) is 1.16. The van der Waals surface area contributed by atoms with E-state index in [1.165, 1.54) is 44.9 Å². The number of hydrogen-bond donors (Lipinski definition) is 2. The molecule has 44 heavy (non-hydrogen) atoms. The van der Waals surface area contributed by atoms with Gasteiger partial charge in [0.25, 0.3) is 11.5 Å². The van der Waals surface area contributed by atoms with Gasteiger partial charge in [-0.05, 0) is 63.6 Å². The molecule has 236 valence electrons. The molecule has 2 N–H and O–H groups in total. The van der Waals surface area contributed by atoms with Crippen LogP contribution in [0.2, 0.25) is 0 Å². The topological polar surface area (TPSA) is 114 Å². The van der Waals surface area contributed by atoms with E-state index < -0.39 is 30.1 Å². The van der Waals surface area contributed by atoms with Gasteiger partial charge in [0.1, 0.15) is 6.61 Å². The van der Waals surface area contributed by atoms with E-state index >= 15 is 0 Å². The van der Waals surface area contributed by atoms with Crippen LogP contribution in [-0.4, -0.2) is 62.2 Å². The van der Waals surface area contributed by atoms with E-state index in [1.807, 2.05) is 55.5 Å². The van der Waals surface area contributed by atoms with E-state index in [9.17, 15) is 19.5 Å². The number of aromatic nitrogens is 2. The highest BCUT2D eigenvalue weighted by Gasteiger charge is 2.37. The summed E-state index contributed by atoms with van der Waals surface area (Å²) < 4.78 is 7.01. The number of carbonyl (C=O) groups excluding carboxylic acids is 2. The van der Waals surface area contributed by atoms with Crippen molar-refractivity contribution in [2.24, 2.45) is 0 Å². The summed E-state index contributed by atoms with van der Waals surface area (Å²) in [5, 5.41) is 12.4. The number of carbonyl (C=O) groups is 2. The molecule has 9 nitrogen and oxygen atoms in total. The molecule has 2 aromatic carbocycles. The summed E-state index contributed by atoms with van der Waals surface area (Å²) in [4.78, 5) is 47.2. The fraction of sp³-hybridized carbons (Fsp3) is 0.543. The Labute approximate surface area is 259 Å². The molecular weight excluding hydrogens is 556 g/mol. The van der Waals surface area contributed by atoms with Gasteiger partial charge in [0.2, 0.25) is 0 Å². The molecule has 0 unspecified atom stereocenters. The Morgan fingerprint density at radius 1 is 0.977 bits per heavy atom. The number of esters is 1. The number of benzene rings is 2. The average molecular weight is 603 g/mol. The Bertz CT molecular complexity index is 1470. The third kappa shape index (κ3) is 7.38. The molecule has 9 heteroatoms. The lowest BCUT2D eigenvalue weighted by atomic mass is 9.94. The van der Waals surface area contributed by atoms with E-state index in [2.05, 4.69) is 22.1 Å². The second kappa shape index (κ2) is 14.9. The number of likely N-dealkylation sites (tertiary alicyclic amines) is 1. The van der Waals surface area contributed by atoms with Gasteiger partial charge < -0.3 is 19.7 Å². The highest BCUT2D eigenvalue weighted by molar-refractivity contribution is 5.96. The second-order valence-electron chi connectivity index (χ2n) is 12.5. The molecule has 1 saturated carbocycles. The number of rotatable bonds is 10. The molecule has 0 spiro atoms. The molecule has 2 fully saturated rings. The number of amides is 1. The van der Waals surface area contributed by atoms with Crippen LogP contribution in [0.25, 0.3) is 11.0 Å². The quantitative estimate of drug-likeness (QED) is 0.309. The standard InChI is InChI=1S/C35H46N4O5/c1-24-19-20-28(38(24)27-15-9-4-3-5-10-16-27)21-25(2)39-31-18-12-11-17-29(31)36-32(34(39)42)33(41)37-30(22-40)35(43)44-23-26-13-7-6-8-14-26/h6-8,11-14,17-18,24-25,27-28,30,40H,3-5,9-10,15-16,19-23H2,1-2H3,(H,37,41)/t24-,25-,28-,30-/m0/s1. The molecule has 2 heterocycles. The Balaban J connectivity index is 1.36. The van der Waals surface area contributed by atoms with Crippen molar-refractivity contribution >= 4 is 22.9 Å². The first-order chi connectivity index (χ1) is 21.4. The zero-order valence-corrected chi connectivity index (χ0v) is 26.0. The highest BCUT2D eigenvalue weighted by Crippen LogP contribution is 2.35. The highest BCUT2D eigenvalue weighted by atomic mass is 16.5. The predicted molar refractivity (Wildman–Crippen MR) is 170 cm³/mol. The molecule has 5 rings (SSSR count). The van der Waals surface area contributed by atoms with Crippen LogP contribution < -0.4 is 10.9 Å². The first kappa shape index (κ1) is 31.9. The zero-order chi connectivity index (χ0) is 31.1. The van der Waals surface area contributed by atoms with E-state index in [-0.39, 0.29) is 18.3 Å². The minimum atomic E-state index is -1.33. The van der Waals surface area contributed by atoms with Gasteiger partial charge >= 0.3 is 5.97 Å². The van der Waals surface area contributed by atoms with Crippen LogP contribution >= 0.6 is 0 Å². The summed E-state index contributed by atoms with van der Waals surface area (Å²) in [6.45, 7) is 3.71. The molecule has 1 saturated heterocycles. The largest absolute Gasteiger partial charge is 0.459 e. The van der Waals surface area contributed by atoms with Crippen LogP contribution in [0.15, 0.2) is 59.4 Å². The Morgan fingerprint density at radius 2 is 1.66 bits per heavy atom. The Kier molecular flexibility index (Phi) is 10.8. The lowest BCUT2D eigenvalue weighted by Crippen LogP contribution is -2.47. The van der Waals surface area contributed by atoms with Crippen molar-refractivity contribution in [3.8, 4) is 0 Å². The van der Waals surface area contributed by atoms with Crippen molar-refractivity contribution in [1.82, 2.24) is 19.8 Å². The molecule has 0 bridgehead atoms. The second-order valence-corrected chi connectivity index (χ2v) is 12.5. The summed E-state index contributed by atoms with van der Waals surface area (Å²) in [6, 6.07) is 16.4. The van der Waals surface area contributed by atoms with E-state index in [0.29, 0.717) is 29.2 Å². The first-order valence-electron chi connectivity index (χ1n) is 16.3. The van der Waals surface area contributed by atoms with Crippen molar-refractivity contribution < 1.29 is 19.4 Å². The molecule has 2 aliphatic rings. The minimum Gasteiger partial charge on any atom is -0.459 e. The van der Waals surface area contributed by atoms with Gasteiger partial charge in [0.15, 0.2) is 11.7 Å². The predicted octanol–water partition coefficient (Wildman–Crippen LogP) is 5.15. The molecule has 1 aliphatic carbocycles. The van der Waals surface area contributed by atoms with Crippen molar-refractivity contribution in [2.45, 2.75) is 115 Å². The third-order valence-electron chi connectivity index (χ3n) is 9.40. The van der Waals surface area contributed by atoms with E-state index in [1.54, 1.807) is 10.6 Å². The van der Waals surface area contributed by atoms with Gasteiger partial charge in [0.05, 0.1) is 17.6 Å². The minimum absolute atomic E-state index is 0.00223. The number of ether oxygens (including phenoxy) is 1. The monoisotopic (exact) mass is 602 g/mol. The fourth-order valence-electron chi connectivity index (χ4n) is 7.20. The molecular formula is C35H46N4O5. The Morgan fingerprint density at radius 3 is 2.39 bits per heavy atom. The van der Waals surface area contributed by atoms with Gasteiger partial charge in [0, 0.05) is 24.2 Å². The van der Waals surface area contributed by atoms with Gasteiger partial charge in [-0.25, -0.2) is 9.78 Å². The first-order valence-corrected chi connectivity index (χ1v) is 16.3. The molecule has 1 aliphatic heterocycles. The number of para-hydroxylation sites is 2. The van der Waals surface area contributed by atoms with Crippen LogP contribution in [0.4, 0.5) is 0 Å². The van der Waals surface area contributed by atoms with Crippen LogP contribution in [0, 0.1) is 0 Å². The van der Waals surface area contributed by atoms with Crippen molar-refractivity contribution in [3.05, 3.63) is 76.2 Å². The van der Waals surface area contributed by atoms with Crippen molar-refractivity contribution in [3.63, 3.8) is 0 Å². The average Bonchev–Trinajstić information content (AvgIpc) is 3.37. The number of nitrogens with zero attached hydrogens (tertiary/aromatic N) is 3. The number of nitrogens with one attached hydrogen (secondary N) is 1. The molecule has 3 aromatic rings. The summed E-state index contributed by atoms with van der Waals surface area (Å²) in [7, 11) is 0. The van der Waals surface area contributed by atoms with Crippen LogP contribution in [0.3, 0.4) is 0 Å². The molecule has 0 radical (unpaired) electrons. The maximum Gasteiger partial charge on any atom is 0.331 e. The fourth-order valence-corrected chi connectivity index (χ4v) is 7.20. The summed E-state index contributed by atoms with van der Waals surface area (Å²) in [5.74, 6) is -1.60. The van der Waals surface area contributed by atoms with E-state index in [0.717, 1.165) is 24.8 Å². The van der Waals surface area contributed by atoms with Crippen LogP contribution in [0.5, 0.6) is 0 Å². The number of aliphatic hydroxyl groups excluding tert-OH is 1.